The molecule has 0 amide bonds. The minimum Gasteiger partial charge on any atom is -0.497 e. The van der Waals surface area contributed by atoms with Gasteiger partial charge in [-0.2, -0.15) is 0 Å². The zero-order valence-corrected chi connectivity index (χ0v) is 13.8. The van der Waals surface area contributed by atoms with Gasteiger partial charge in [-0.05, 0) is 40.7 Å². The van der Waals surface area contributed by atoms with Gasteiger partial charge in [0.1, 0.15) is 5.75 Å². The van der Waals surface area contributed by atoms with E-state index >= 15 is 0 Å². The molecule has 0 bridgehead atoms. The van der Waals surface area contributed by atoms with Gasteiger partial charge in [0, 0.05) is 5.92 Å². The largest absolute Gasteiger partial charge is 0.497 e. The topological polar surface area (TPSA) is 9.23 Å². The van der Waals surface area contributed by atoms with E-state index in [9.17, 15) is 0 Å². The van der Waals surface area contributed by atoms with Crippen LogP contribution in [0.3, 0.4) is 0 Å². The number of ether oxygens (including phenoxy) is 1. The van der Waals surface area contributed by atoms with Gasteiger partial charge in [-0.25, -0.2) is 0 Å². The van der Waals surface area contributed by atoms with Crippen LogP contribution in [0.5, 0.6) is 5.75 Å². The van der Waals surface area contributed by atoms with Gasteiger partial charge in [0.05, 0.1) is 7.11 Å². The first-order valence-corrected chi connectivity index (χ1v) is 7.70. The Bertz CT molecular complexity index is 558. The van der Waals surface area contributed by atoms with Crippen molar-refractivity contribution < 1.29 is 4.74 Å². The molecule has 2 rings (SSSR count). The summed E-state index contributed by atoms with van der Waals surface area (Å²) in [5, 5.41) is 0. The molecule has 1 atom stereocenters. The van der Waals surface area contributed by atoms with Crippen molar-refractivity contribution in [2.75, 3.05) is 7.11 Å². The van der Waals surface area contributed by atoms with Gasteiger partial charge in [-0.15, -0.1) is 0 Å². The normalized spacial score (nSPS) is 13.0. The van der Waals surface area contributed by atoms with E-state index in [2.05, 4.69) is 64.1 Å². The Kier molecular flexibility index (Phi) is 4.72. The minimum atomic E-state index is 0.209. The van der Waals surface area contributed by atoms with Crippen LogP contribution in [-0.2, 0) is 5.41 Å². The van der Waals surface area contributed by atoms with E-state index in [0.717, 1.165) is 12.2 Å². The molecule has 0 aliphatic carbocycles. The van der Waals surface area contributed by atoms with Crippen LogP contribution in [0.4, 0.5) is 0 Å². The van der Waals surface area contributed by atoms with Crippen molar-refractivity contribution in [1.29, 1.82) is 0 Å². The third kappa shape index (κ3) is 3.66. The summed E-state index contributed by atoms with van der Waals surface area (Å²) in [5.74, 6) is 1.36. The highest BCUT2D eigenvalue weighted by molar-refractivity contribution is 5.38. The van der Waals surface area contributed by atoms with Crippen LogP contribution < -0.4 is 4.74 Å². The first-order valence-electron chi connectivity index (χ1n) is 7.70. The fourth-order valence-electron chi connectivity index (χ4n) is 2.72. The zero-order chi connectivity index (χ0) is 15.5. The number of rotatable bonds is 4. The Morgan fingerprint density at radius 2 is 1.33 bits per heavy atom. The number of hydrogen-bond donors (Lipinski definition) is 0. The molecule has 0 aliphatic heterocycles. The van der Waals surface area contributed by atoms with E-state index in [1.54, 1.807) is 7.11 Å². The molecule has 0 saturated heterocycles. The molecule has 1 heteroatoms. The third-order valence-corrected chi connectivity index (χ3v) is 4.11. The standard InChI is InChI=1S/C20H26O/c1-6-19(16-9-13-18(21-5)14-10-16)15-7-11-17(12-8-15)20(2,3)4/h7-14,19H,6H2,1-5H3/t19-/m0/s1. The summed E-state index contributed by atoms with van der Waals surface area (Å²) in [5.41, 5.74) is 4.33. The van der Waals surface area contributed by atoms with Crippen LogP contribution in [-0.4, -0.2) is 7.11 Å². The van der Waals surface area contributed by atoms with Crippen molar-refractivity contribution in [1.82, 2.24) is 0 Å². The predicted octanol–water partition coefficient (Wildman–Crippen LogP) is 5.53. The van der Waals surface area contributed by atoms with E-state index < -0.39 is 0 Å². The fraction of sp³-hybridized carbons (Fsp3) is 0.400. The van der Waals surface area contributed by atoms with Crippen LogP contribution in [0.1, 0.15) is 56.7 Å². The molecule has 0 saturated carbocycles. The monoisotopic (exact) mass is 282 g/mol. The smallest absolute Gasteiger partial charge is 0.118 e. The highest BCUT2D eigenvalue weighted by atomic mass is 16.5. The van der Waals surface area contributed by atoms with Crippen LogP contribution in [0.15, 0.2) is 48.5 Å². The van der Waals surface area contributed by atoms with Gasteiger partial charge in [0.25, 0.3) is 0 Å². The van der Waals surface area contributed by atoms with Crippen molar-refractivity contribution in [3.8, 4) is 5.75 Å². The van der Waals surface area contributed by atoms with Crippen molar-refractivity contribution in [3.05, 3.63) is 65.2 Å². The van der Waals surface area contributed by atoms with E-state index in [4.69, 9.17) is 4.74 Å². The summed E-state index contributed by atoms with van der Waals surface area (Å²) in [4.78, 5) is 0. The Labute approximate surface area is 129 Å². The molecular formula is C20H26O. The molecular weight excluding hydrogens is 256 g/mol. The van der Waals surface area contributed by atoms with Crippen LogP contribution in [0, 0.1) is 0 Å². The van der Waals surface area contributed by atoms with Crippen molar-refractivity contribution in [3.63, 3.8) is 0 Å². The molecule has 0 aromatic heterocycles. The fourth-order valence-corrected chi connectivity index (χ4v) is 2.72. The minimum absolute atomic E-state index is 0.209. The first kappa shape index (κ1) is 15.6. The van der Waals surface area contributed by atoms with Gasteiger partial charge >= 0.3 is 0 Å². The molecule has 112 valence electrons. The molecule has 0 aliphatic rings. The van der Waals surface area contributed by atoms with Crippen LogP contribution in [0.2, 0.25) is 0 Å². The number of hydrogen-bond acceptors (Lipinski definition) is 1. The quantitative estimate of drug-likeness (QED) is 0.716. The van der Waals surface area contributed by atoms with E-state index in [1.165, 1.54) is 16.7 Å². The molecule has 1 nitrogen and oxygen atoms in total. The van der Waals surface area contributed by atoms with Crippen LogP contribution >= 0.6 is 0 Å². The number of methoxy groups -OCH3 is 1. The maximum atomic E-state index is 5.24. The van der Waals surface area contributed by atoms with E-state index in [1.807, 2.05) is 12.1 Å². The summed E-state index contributed by atoms with van der Waals surface area (Å²) in [6.07, 6.45) is 1.10. The second-order valence-electron chi connectivity index (χ2n) is 6.61. The average Bonchev–Trinajstić information content (AvgIpc) is 2.48. The van der Waals surface area contributed by atoms with Gasteiger partial charge in [-0.3, -0.25) is 0 Å². The van der Waals surface area contributed by atoms with Crippen molar-refractivity contribution in [2.24, 2.45) is 0 Å². The van der Waals surface area contributed by atoms with E-state index in [-0.39, 0.29) is 5.41 Å². The molecule has 0 heterocycles. The lowest BCUT2D eigenvalue weighted by atomic mass is 9.84. The maximum absolute atomic E-state index is 5.24. The Balaban J connectivity index is 2.28. The lowest BCUT2D eigenvalue weighted by molar-refractivity contribution is 0.414. The summed E-state index contributed by atoms with van der Waals surface area (Å²) < 4.78 is 5.24. The molecule has 2 aromatic carbocycles. The molecule has 0 spiro atoms. The van der Waals surface area contributed by atoms with E-state index in [0.29, 0.717) is 5.92 Å². The SMILES string of the molecule is CC[C@H](c1ccc(OC)cc1)c1ccc(C(C)(C)C)cc1. The van der Waals surface area contributed by atoms with Gasteiger partial charge in [-0.1, -0.05) is 64.1 Å². The summed E-state index contributed by atoms with van der Waals surface area (Å²) in [6.45, 7) is 9.00. The molecule has 0 fully saturated rings. The second kappa shape index (κ2) is 6.34. The summed E-state index contributed by atoms with van der Waals surface area (Å²) in [6, 6.07) is 17.5. The predicted molar refractivity (Wildman–Crippen MR) is 90.3 cm³/mol. The summed E-state index contributed by atoms with van der Waals surface area (Å²) >= 11 is 0. The highest BCUT2D eigenvalue weighted by Gasteiger charge is 2.16. The Morgan fingerprint density at radius 3 is 1.71 bits per heavy atom. The summed E-state index contributed by atoms with van der Waals surface area (Å²) in [7, 11) is 1.71. The van der Waals surface area contributed by atoms with Crippen molar-refractivity contribution in [2.45, 2.75) is 45.4 Å². The van der Waals surface area contributed by atoms with Gasteiger partial charge in [0.2, 0.25) is 0 Å². The molecule has 2 aromatic rings. The molecule has 0 radical (unpaired) electrons. The molecule has 0 unspecified atom stereocenters. The highest BCUT2D eigenvalue weighted by Crippen LogP contribution is 2.31. The lowest BCUT2D eigenvalue weighted by Crippen LogP contribution is -2.11. The molecule has 0 N–H and O–H groups in total. The lowest BCUT2D eigenvalue weighted by Gasteiger charge is -2.21. The second-order valence-corrected chi connectivity index (χ2v) is 6.61. The van der Waals surface area contributed by atoms with Gasteiger partial charge in [0.15, 0.2) is 0 Å². The van der Waals surface area contributed by atoms with Crippen LogP contribution in [0.25, 0.3) is 0 Å². The Morgan fingerprint density at radius 1 is 0.857 bits per heavy atom. The maximum Gasteiger partial charge on any atom is 0.118 e. The average molecular weight is 282 g/mol. The Hall–Kier alpha value is -1.76. The molecule has 21 heavy (non-hydrogen) atoms. The zero-order valence-electron chi connectivity index (χ0n) is 13.8. The van der Waals surface area contributed by atoms with Gasteiger partial charge < -0.3 is 4.74 Å². The van der Waals surface area contributed by atoms with Crippen molar-refractivity contribution >= 4 is 0 Å². The number of benzene rings is 2. The first-order chi connectivity index (χ1) is 9.95. The third-order valence-electron chi connectivity index (χ3n) is 4.11.